The summed E-state index contributed by atoms with van der Waals surface area (Å²) in [5.74, 6) is -0.322. The van der Waals surface area contributed by atoms with E-state index in [0.717, 1.165) is 24.9 Å². The second-order valence-electron chi connectivity index (χ2n) is 6.48. The SMILES string of the molecule is CCC1CN(c2ccc(N3CCc4ccncc4C3)c(F)c2)C(=O)O1. The predicted molar refractivity (Wildman–Crippen MR) is 93.3 cm³/mol. The number of hydrogen-bond acceptors (Lipinski definition) is 4. The molecule has 0 spiro atoms. The molecule has 25 heavy (non-hydrogen) atoms. The zero-order valence-electron chi connectivity index (χ0n) is 14.1. The summed E-state index contributed by atoms with van der Waals surface area (Å²) in [6, 6.07) is 6.98. The van der Waals surface area contributed by atoms with Crippen LogP contribution in [0.1, 0.15) is 24.5 Å². The molecular formula is C19H20FN3O2. The fourth-order valence-corrected chi connectivity index (χ4v) is 3.45. The molecule has 1 saturated heterocycles. The molecule has 6 heteroatoms. The Morgan fingerprint density at radius 3 is 2.96 bits per heavy atom. The highest BCUT2D eigenvalue weighted by molar-refractivity contribution is 5.90. The van der Waals surface area contributed by atoms with Crippen LogP contribution in [0.5, 0.6) is 0 Å². The smallest absolute Gasteiger partial charge is 0.414 e. The third kappa shape index (κ3) is 2.92. The fourth-order valence-electron chi connectivity index (χ4n) is 3.45. The maximum atomic E-state index is 14.7. The quantitative estimate of drug-likeness (QED) is 0.857. The number of cyclic esters (lactones) is 1. The zero-order chi connectivity index (χ0) is 17.4. The molecule has 1 aromatic carbocycles. The van der Waals surface area contributed by atoms with Gasteiger partial charge in [-0.25, -0.2) is 9.18 Å². The molecule has 1 amide bonds. The van der Waals surface area contributed by atoms with Crippen molar-refractivity contribution < 1.29 is 13.9 Å². The van der Waals surface area contributed by atoms with Gasteiger partial charge in [0.2, 0.25) is 0 Å². The number of aromatic nitrogens is 1. The van der Waals surface area contributed by atoms with Crippen molar-refractivity contribution in [1.82, 2.24) is 4.98 Å². The Kier molecular flexibility index (Phi) is 4.03. The van der Waals surface area contributed by atoms with Crippen LogP contribution in [0.3, 0.4) is 0 Å². The van der Waals surface area contributed by atoms with E-state index in [0.29, 0.717) is 24.5 Å². The minimum absolute atomic E-state index is 0.124. The van der Waals surface area contributed by atoms with Crippen molar-refractivity contribution in [1.29, 1.82) is 0 Å². The van der Waals surface area contributed by atoms with Crippen LogP contribution in [-0.2, 0) is 17.7 Å². The van der Waals surface area contributed by atoms with E-state index >= 15 is 0 Å². The van der Waals surface area contributed by atoms with E-state index in [9.17, 15) is 9.18 Å². The van der Waals surface area contributed by atoms with Crippen LogP contribution in [0, 0.1) is 5.82 Å². The van der Waals surface area contributed by atoms with E-state index in [2.05, 4.69) is 4.98 Å². The predicted octanol–water partition coefficient (Wildman–Crippen LogP) is 3.52. The molecule has 0 aliphatic carbocycles. The summed E-state index contributed by atoms with van der Waals surface area (Å²) in [6.45, 7) is 3.84. The Balaban J connectivity index is 1.56. The van der Waals surface area contributed by atoms with Crippen molar-refractivity contribution in [2.75, 3.05) is 22.9 Å². The number of fused-ring (bicyclic) bond motifs is 1. The number of anilines is 2. The van der Waals surface area contributed by atoms with Gasteiger partial charge in [0.1, 0.15) is 11.9 Å². The van der Waals surface area contributed by atoms with Gasteiger partial charge in [0, 0.05) is 25.5 Å². The largest absolute Gasteiger partial charge is 0.444 e. The third-order valence-corrected chi connectivity index (χ3v) is 4.93. The van der Waals surface area contributed by atoms with Crippen LogP contribution in [-0.4, -0.2) is 30.3 Å². The molecule has 0 radical (unpaired) electrons. The van der Waals surface area contributed by atoms with E-state index in [1.807, 2.05) is 24.1 Å². The molecule has 1 atom stereocenters. The molecule has 0 N–H and O–H groups in total. The monoisotopic (exact) mass is 341 g/mol. The van der Waals surface area contributed by atoms with Gasteiger partial charge in [0.05, 0.1) is 17.9 Å². The van der Waals surface area contributed by atoms with Gasteiger partial charge in [-0.05, 0) is 48.2 Å². The first-order valence-corrected chi connectivity index (χ1v) is 8.60. The molecule has 1 unspecified atom stereocenters. The standard InChI is InChI=1S/C19H20FN3O2/c1-2-16-12-23(19(24)25-16)15-3-4-18(17(20)9-15)22-8-6-13-5-7-21-10-14(13)11-22/h3-5,7,9-10,16H,2,6,8,11-12H2,1H3. The van der Waals surface area contributed by atoms with Crippen LogP contribution in [0.4, 0.5) is 20.6 Å². The second-order valence-corrected chi connectivity index (χ2v) is 6.48. The van der Waals surface area contributed by atoms with Gasteiger partial charge >= 0.3 is 6.09 Å². The topological polar surface area (TPSA) is 45.7 Å². The number of carbonyl (C=O) groups excluding carboxylic acids is 1. The molecule has 3 heterocycles. The van der Waals surface area contributed by atoms with Gasteiger partial charge in [-0.1, -0.05) is 6.92 Å². The van der Waals surface area contributed by atoms with Gasteiger partial charge in [-0.3, -0.25) is 9.88 Å². The number of amides is 1. The van der Waals surface area contributed by atoms with Crippen LogP contribution >= 0.6 is 0 Å². The number of benzene rings is 1. The fraction of sp³-hybridized carbons (Fsp3) is 0.368. The Morgan fingerprint density at radius 1 is 1.32 bits per heavy atom. The number of nitrogens with zero attached hydrogens (tertiary/aromatic N) is 3. The van der Waals surface area contributed by atoms with Gasteiger partial charge in [0.15, 0.2) is 0 Å². The lowest BCUT2D eigenvalue weighted by Gasteiger charge is -2.31. The van der Waals surface area contributed by atoms with E-state index in [-0.39, 0.29) is 11.9 Å². The highest BCUT2D eigenvalue weighted by Gasteiger charge is 2.31. The molecule has 0 saturated carbocycles. The Bertz CT molecular complexity index is 811. The van der Waals surface area contributed by atoms with Gasteiger partial charge in [-0.2, -0.15) is 0 Å². The lowest BCUT2D eigenvalue weighted by Crippen LogP contribution is -2.31. The van der Waals surface area contributed by atoms with Crippen LogP contribution in [0.15, 0.2) is 36.7 Å². The summed E-state index contributed by atoms with van der Waals surface area (Å²) in [4.78, 5) is 19.6. The van der Waals surface area contributed by atoms with Crippen molar-refractivity contribution >= 4 is 17.5 Å². The first-order valence-electron chi connectivity index (χ1n) is 8.60. The van der Waals surface area contributed by atoms with E-state index in [1.54, 1.807) is 18.3 Å². The Labute approximate surface area is 146 Å². The van der Waals surface area contributed by atoms with E-state index in [4.69, 9.17) is 4.74 Å². The van der Waals surface area contributed by atoms with Crippen molar-refractivity contribution in [2.24, 2.45) is 0 Å². The molecule has 4 rings (SSSR count). The molecule has 1 fully saturated rings. The van der Waals surface area contributed by atoms with Crippen LogP contribution in [0.2, 0.25) is 0 Å². The number of carbonyl (C=O) groups is 1. The molecule has 1 aromatic heterocycles. The Hall–Kier alpha value is -2.63. The molecule has 5 nitrogen and oxygen atoms in total. The normalized spacial score (nSPS) is 19.8. The molecule has 130 valence electrons. The van der Waals surface area contributed by atoms with Gasteiger partial charge in [0.25, 0.3) is 0 Å². The molecule has 2 aliphatic rings. The highest BCUT2D eigenvalue weighted by atomic mass is 19.1. The van der Waals surface area contributed by atoms with Crippen molar-refractivity contribution in [3.63, 3.8) is 0 Å². The first-order chi connectivity index (χ1) is 12.2. The summed E-state index contributed by atoms with van der Waals surface area (Å²) in [7, 11) is 0. The molecular weight excluding hydrogens is 321 g/mol. The van der Waals surface area contributed by atoms with Crippen molar-refractivity contribution in [3.05, 3.63) is 53.6 Å². The van der Waals surface area contributed by atoms with Gasteiger partial charge in [-0.15, -0.1) is 0 Å². The van der Waals surface area contributed by atoms with Gasteiger partial charge < -0.3 is 9.64 Å². The maximum absolute atomic E-state index is 14.7. The van der Waals surface area contributed by atoms with E-state index < -0.39 is 6.09 Å². The van der Waals surface area contributed by atoms with Crippen LogP contribution in [0.25, 0.3) is 0 Å². The number of rotatable bonds is 3. The Morgan fingerprint density at radius 2 is 2.20 bits per heavy atom. The summed E-state index contributed by atoms with van der Waals surface area (Å²) in [5.41, 5.74) is 3.50. The zero-order valence-corrected chi connectivity index (χ0v) is 14.1. The number of hydrogen-bond donors (Lipinski definition) is 0. The van der Waals surface area contributed by atoms with E-state index in [1.165, 1.54) is 16.5 Å². The molecule has 2 aromatic rings. The average Bonchev–Trinajstić information content (AvgIpc) is 3.02. The lowest BCUT2D eigenvalue weighted by molar-refractivity contribution is 0.139. The summed E-state index contributed by atoms with van der Waals surface area (Å²) >= 11 is 0. The van der Waals surface area contributed by atoms with Crippen molar-refractivity contribution in [3.8, 4) is 0 Å². The highest BCUT2D eigenvalue weighted by Crippen LogP contribution is 2.31. The molecule has 0 bridgehead atoms. The second kappa shape index (κ2) is 6.35. The first kappa shape index (κ1) is 15.9. The minimum atomic E-state index is -0.406. The summed E-state index contributed by atoms with van der Waals surface area (Å²) < 4.78 is 20.0. The maximum Gasteiger partial charge on any atom is 0.414 e. The average molecular weight is 341 g/mol. The number of ether oxygens (including phenoxy) is 1. The summed E-state index contributed by atoms with van der Waals surface area (Å²) in [5, 5.41) is 0. The van der Waals surface area contributed by atoms with Crippen molar-refractivity contribution in [2.45, 2.75) is 32.4 Å². The number of pyridine rings is 1. The third-order valence-electron chi connectivity index (χ3n) is 4.93. The minimum Gasteiger partial charge on any atom is -0.444 e. The number of halogens is 1. The van der Waals surface area contributed by atoms with Crippen LogP contribution < -0.4 is 9.80 Å². The summed E-state index contributed by atoms with van der Waals surface area (Å²) in [6.07, 6.45) is 4.74. The lowest BCUT2D eigenvalue weighted by atomic mass is 10.0. The molecule has 2 aliphatic heterocycles.